The number of rotatable bonds is 3. The van der Waals surface area contributed by atoms with E-state index in [2.05, 4.69) is 0 Å². The molecule has 1 heterocycles. The van der Waals surface area contributed by atoms with Gasteiger partial charge in [-0.15, -0.1) is 0 Å². The van der Waals surface area contributed by atoms with Gasteiger partial charge >= 0.3 is 5.97 Å². The highest BCUT2D eigenvalue weighted by molar-refractivity contribution is 6.31. The van der Waals surface area contributed by atoms with Crippen LogP contribution >= 0.6 is 11.6 Å². The van der Waals surface area contributed by atoms with Gasteiger partial charge in [0.15, 0.2) is 0 Å². The van der Waals surface area contributed by atoms with Gasteiger partial charge in [-0.1, -0.05) is 29.8 Å². The molecule has 0 bridgehead atoms. The van der Waals surface area contributed by atoms with Gasteiger partial charge in [-0.05, 0) is 24.5 Å². The molecular formula is C15H18ClNO3. The molecule has 0 spiro atoms. The summed E-state index contributed by atoms with van der Waals surface area (Å²) < 4.78 is 4.76. The van der Waals surface area contributed by atoms with Crippen LogP contribution in [-0.4, -0.2) is 37.0 Å². The maximum atomic E-state index is 12.3. The fourth-order valence-electron chi connectivity index (χ4n) is 2.48. The van der Waals surface area contributed by atoms with Crippen LogP contribution in [0.2, 0.25) is 5.02 Å². The summed E-state index contributed by atoms with van der Waals surface area (Å²) in [5.74, 6) is -0.434. The zero-order chi connectivity index (χ0) is 14.5. The number of carbonyl (C=O) groups is 2. The number of hydrogen-bond donors (Lipinski definition) is 0. The van der Waals surface area contributed by atoms with Crippen molar-refractivity contribution in [3.8, 4) is 0 Å². The Hall–Kier alpha value is -1.55. The number of methoxy groups -OCH3 is 1. The van der Waals surface area contributed by atoms with Gasteiger partial charge in [-0.2, -0.15) is 0 Å². The highest BCUT2D eigenvalue weighted by atomic mass is 35.5. The second kappa shape index (κ2) is 6.75. The highest BCUT2D eigenvalue weighted by Gasteiger charge is 2.29. The summed E-state index contributed by atoms with van der Waals surface area (Å²) in [7, 11) is 1.38. The molecule has 5 heteroatoms. The average molecular weight is 296 g/mol. The van der Waals surface area contributed by atoms with Crippen molar-refractivity contribution in [2.45, 2.75) is 19.3 Å². The van der Waals surface area contributed by atoms with E-state index in [1.807, 2.05) is 18.2 Å². The monoisotopic (exact) mass is 295 g/mol. The number of likely N-dealkylation sites (tertiary alicyclic amines) is 1. The van der Waals surface area contributed by atoms with Crippen molar-refractivity contribution in [1.82, 2.24) is 4.90 Å². The van der Waals surface area contributed by atoms with Crippen molar-refractivity contribution >= 4 is 23.5 Å². The topological polar surface area (TPSA) is 46.6 Å². The van der Waals surface area contributed by atoms with Gasteiger partial charge in [0.1, 0.15) is 0 Å². The summed E-state index contributed by atoms with van der Waals surface area (Å²) in [4.78, 5) is 25.6. The summed E-state index contributed by atoms with van der Waals surface area (Å²) >= 11 is 6.06. The molecule has 0 aromatic heterocycles. The van der Waals surface area contributed by atoms with Crippen molar-refractivity contribution in [2.75, 3.05) is 20.2 Å². The molecule has 20 heavy (non-hydrogen) atoms. The molecule has 0 N–H and O–H groups in total. The lowest BCUT2D eigenvalue weighted by Gasteiger charge is -2.31. The average Bonchev–Trinajstić information content (AvgIpc) is 2.49. The van der Waals surface area contributed by atoms with Gasteiger partial charge < -0.3 is 9.64 Å². The number of nitrogens with zero attached hydrogens (tertiary/aromatic N) is 1. The fourth-order valence-corrected chi connectivity index (χ4v) is 2.68. The Morgan fingerprint density at radius 1 is 1.40 bits per heavy atom. The van der Waals surface area contributed by atoms with E-state index in [0.717, 1.165) is 18.4 Å². The summed E-state index contributed by atoms with van der Waals surface area (Å²) in [5, 5.41) is 0.599. The molecule has 108 valence electrons. The lowest BCUT2D eigenvalue weighted by atomic mass is 9.97. The Morgan fingerprint density at radius 2 is 2.15 bits per heavy atom. The van der Waals surface area contributed by atoms with Gasteiger partial charge in [0.05, 0.1) is 19.4 Å². The van der Waals surface area contributed by atoms with E-state index in [9.17, 15) is 9.59 Å². The number of benzene rings is 1. The first kappa shape index (κ1) is 14.9. The van der Waals surface area contributed by atoms with Crippen LogP contribution in [0, 0.1) is 5.92 Å². The molecule has 2 rings (SSSR count). The van der Waals surface area contributed by atoms with Crippen LogP contribution in [0.1, 0.15) is 18.4 Å². The van der Waals surface area contributed by atoms with Gasteiger partial charge in [0.2, 0.25) is 5.91 Å². The molecule has 1 aromatic rings. The van der Waals surface area contributed by atoms with E-state index < -0.39 is 0 Å². The van der Waals surface area contributed by atoms with Crippen molar-refractivity contribution in [1.29, 1.82) is 0 Å². The van der Waals surface area contributed by atoms with Crippen LogP contribution in [0.4, 0.5) is 0 Å². The summed E-state index contributed by atoms with van der Waals surface area (Å²) in [5.41, 5.74) is 0.819. The Bertz CT molecular complexity index is 504. The molecule has 0 radical (unpaired) electrons. The molecule has 1 fully saturated rings. The van der Waals surface area contributed by atoms with Crippen molar-refractivity contribution < 1.29 is 14.3 Å². The highest BCUT2D eigenvalue weighted by Crippen LogP contribution is 2.20. The molecule has 1 atom stereocenters. The molecule has 1 aliphatic rings. The zero-order valence-electron chi connectivity index (χ0n) is 11.5. The van der Waals surface area contributed by atoms with E-state index in [0.29, 0.717) is 18.1 Å². The summed E-state index contributed by atoms with van der Waals surface area (Å²) in [6.07, 6.45) is 1.88. The maximum absolute atomic E-state index is 12.3. The summed E-state index contributed by atoms with van der Waals surface area (Å²) in [6.45, 7) is 1.13. The molecule has 4 nitrogen and oxygen atoms in total. The second-order valence-electron chi connectivity index (χ2n) is 4.97. The number of amides is 1. The van der Waals surface area contributed by atoms with Crippen LogP contribution in [0.25, 0.3) is 0 Å². The van der Waals surface area contributed by atoms with E-state index in [4.69, 9.17) is 16.3 Å². The van der Waals surface area contributed by atoms with Crippen molar-refractivity contribution in [3.63, 3.8) is 0 Å². The number of piperidine rings is 1. The predicted molar refractivity (Wildman–Crippen MR) is 76.5 cm³/mol. The Kier molecular flexibility index (Phi) is 5.01. The van der Waals surface area contributed by atoms with E-state index in [1.54, 1.807) is 11.0 Å². The third kappa shape index (κ3) is 3.51. The zero-order valence-corrected chi connectivity index (χ0v) is 12.2. The minimum absolute atomic E-state index is 0.00621. The Morgan fingerprint density at radius 3 is 2.85 bits per heavy atom. The molecule has 1 aromatic carbocycles. The minimum atomic E-state index is -0.236. The van der Waals surface area contributed by atoms with Crippen LogP contribution in [0.15, 0.2) is 24.3 Å². The van der Waals surface area contributed by atoms with Crippen molar-refractivity contribution in [2.24, 2.45) is 5.92 Å². The van der Waals surface area contributed by atoms with Gasteiger partial charge in [-0.3, -0.25) is 9.59 Å². The summed E-state index contributed by atoms with van der Waals surface area (Å²) in [6, 6.07) is 7.33. The fraction of sp³-hybridized carbons (Fsp3) is 0.467. The van der Waals surface area contributed by atoms with E-state index in [1.165, 1.54) is 7.11 Å². The largest absolute Gasteiger partial charge is 0.469 e. The van der Waals surface area contributed by atoms with Crippen LogP contribution in [0.3, 0.4) is 0 Å². The molecule has 0 saturated carbocycles. The normalized spacial score (nSPS) is 18.7. The van der Waals surface area contributed by atoms with Crippen molar-refractivity contribution in [3.05, 3.63) is 34.9 Å². The first-order valence-corrected chi connectivity index (χ1v) is 7.08. The number of carbonyl (C=O) groups excluding carboxylic acids is 2. The second-order valence-corrected chi connectivity index (χ2v) is 5.38. The van der Waals surface area contributed by atoms with E-state index >= 15 is 0 Å². The number of esters is 1. The molecule has 1 amide bonds. The molecule has 0 aliphatic carbocycles. The third-order valence-electron chi connectivity index (χ3n) is 3.61. The predicted octanol–water partition coefficient (Wildman–Crippen LogP) is 2.29. The molecule has 1 aliphatic heterocycles. The smallest absolute Gasteiger partial charge is 0.310 e. The van der Waals surface area contributed by atoms with Crippen LogP contribution < -0.4 is 0 Å². The number of ether oxygens (including phenoxy) is 1. The first-order valence-electron chi connectivity index (χ1n) is 6.71. The third-order valence-corrected chi connectivity index (χ3v) is 3.98. The van der Waals surface area contributed by atoms with E-state index in [-0.39, 0.29) is 24.2 Å². The van der Waals surface area contributed by atoms with Crippen LogP contribution in [0.5, 0.6) is 0 Å². The standard InChI is InChI=1S/C15H18ClNO3/c1-20-15(19)12-6-4-8-17(10-12)14(18)9-11-5-2-3-7-13(11)16/h2-3,5,7,12H,4,6,8-10H2,1H3. The minimum Gasteiger partial charge on any atom is -0.469 e. The van der Waals surface area contributed by atoms with Gasteiger partial charge in [-0.25, -0.2) is 0 Å². The Balaban J connectivity index is 1.99. The SMILES string of the molecule is COC(=O)C1CCCN(C(=O)Cc2ccccc2Cl)C1. The molecular weight excluding hydrogens is 278 g/mol. The number of halogens is 1. The first-order chi connectivity index (χ1) is 9.61. The van der Waals surface area contributed by atoms with Crippen LogP contribution in [-0.2, 0) is 20.7 Å². The lowest BCUT2D eigenvalue weighted by Crippen LogP contribution is -2.43. The lowest BCUT2D eigenvalue weighted by molar-refractivity contribution is -0.148. The maximum Gasteiger partial charge on any atom is 0.310 e. The van der Waals surface area contributed by atoms with Gasteiger partial charge in [0.25, 0.3) is 0 Å². The Labute approximate surface area is 123 Å². The number of hydrogen-bond acceptors (Lipinski definition) is 3. The van der Waals surface area contributed by atoms with Gasteiger partial charge in [0, 0.05) is 18.1 Å². The quantitative estimate of drug-likeness (QED) is 0.804. The molecule has 1 saturated heterocycles. The molecule has 1 unspecified atom stereocenters.